The van der Waals surface area contributed by atoms with Crippen LogP contribution in [0.1, 0.15) is 20.3 Å². The minimum atomic E-state index is -4.72. The topological polar surface area (TPSA) is 74.7 Å². The van der Waals surface area contributed by atoms with E-state index in [1.165, 1.54) is 42.5 Å². The molecule has 0 saturated heterocycles. The first-order valence-corrected chi connectivity index (χ1v) is 11.6. The Hall–Kier alpha value is -2.33. The van der Waals surface area contributed by atoms with Gasteiger partial charge < -0.3 is 10.0 Å². The van der Waals surface area contributed by atoms with Crippen LogP contribution in [0.4, 0.5) is 23.2 Å². The quantitative estimate of drug-likeness (QED) is 0.498. The van der Waals surface area contributed by atoms with Crippen LogP contribution in [0.5, 0.6) is 0 Å². The monoisotopic (exact) mass is 495 g/mol. The Balaban J connectivity index is 2.46. The maximum atomic E-state index is 14.1. The van der Waals surface area contributed by atoms with Crippen LogP contribution in [-0.4, -0.2) is 50.2 Å². The number of alkyl halides is 4. The highest BCUT2D eigenvalue weighted by molar-refractivity contribution is 7.90. The molecule has 32 heavy (non-hydrogen) atoms. The van der Waals surface area contributed by atoms with E-state index < -0.39 is 46.7 Å². The summed E-state index contributed by atoms with van der Waals surface area (Å²) in [7, 11) is -3.48. The van der Waals surface area contributed by atoms with Gasteiger partial charge in [0.15, 0.2) is 9.84 Å². The van der Waals surface area contributed by atoms with Gasteiger partial charge in [0, 0.05) is 29.0 Å². The average molecular weight is 496 g/mol. The van der Waals surface area contributed by atoms with E-state index >= 15 is 0 Å². The van der Waals surface area contributed by atoms with E-state index in [1.807, 2.05) is 0 Å². The first-order chi connectivity index (χ1) is 14.5. The lowest BCUT2D eigenvalue weighted by atomic mass is 9.98. The van der Waals surface area contributed by atoms with Gasteiger partial charge in [-0.1, -0.05) is 29.8 Å². The predicted molar refractivity (Wildman–Crippen MR) is 115 cm³/mol. The molecule has 0 radical (unpaired) electrons. The smallest absolute Gasteiger partial charge is 0.405 e. The molecule has 1 atom stereocenters. The Morgan fingerprint density at radius 3 is 2.06 bits per heavy atom. The number of carbonyl (C=O) groups is 1. The van der Waals surface area contributed by atoms with Gasteiger partial charge in [-0.2, -0.15) is 13.2 Å². The first-order valence-electron chi connectivity index (χ1n) is 9.33. The normalized spacial score (nSPS) is 13.6. The lowest BCUT2D eigenvalue weighted by Crippen LogP contribution is -2.48. The molecular weight excluding hydrogens is 474 g/mol. The van der Waals surface area contributed by atoms with Gasteiger partial charge in [0.25, 0.3) is 0 Å². The summed E-state index contributed by atoms with van der Waals surface area (Å²) in [6, 6.07) is 7.75. The molecule has 0 fully saturated rings. The zero-order valence-electron chi connectivity index (χ0n) is 17.5. The van der Waals surface area contributed by atoms with Crippen LogP contribution in [0.3, 0.4) is 0 Å². The van der Waals surface area contributed by atoms with Crippen molar-refractivity contribution >= 4 is 33.1 Å². The highest BCUT2D eigenvalue weighted by Gasteiger charge is 2.39. The molecule has 0 aliphatic carbocycles. The van der Waals surface area contributed by atoms with E-state index in [1.54, 1.807) is 0 Å². The van der Waals surface area contributed by atoms with Crippen LogP contribution in [0, 0.1) is 0 Å². The van der Waals surface area contributed by atoms with Crippen molar-refractivity contribution in [2.24, 2.45) is 0 Å². The van der Waals surface area contributed by atoms with E-state index in [0.29, 0.717) is 16.0 Å². The number of rotatable bonds is 8. The number of hydrogen-bond acceptors (Lipinski definition) is 4. The standard InChI is InChI=1S/C21H22ClF4NO4S/c1-20(2,23)11-18(19(28)29)27(12-21(24,25)26)14-6-4-13(5-7-14)16-9-8-15(10-17(16)22)32(3,30)31/h4-10,18H,11-12H2,1-3H3,(H,28,29)/t18-/m0/s1. The average Bonchev–Trinajstić information content (AvgIpc) is 2.62. The summed E-state index contributed by atoms with van der Waals surface area (Å²) in [5, 5.41) is 9.60. The maximum Gasteiger partial charge on any atom is 0.405 e. The molecule has 2 aromatic carbocycles. The van der Waals surface area contributed by atoms with Crippen LogP contribution in [0.2, 0.25) is 5.02 Å². The molecule has 0 bridgehead atoms. The first kappa shape index (κ1) is 25.9. The zero-order valence-corrected chi connectivity index (χ0v) is 19.0. The second kappa shape index (κ2) is 9.27. The summed E-state index contributed by atoms with van der Waals surface area (Å²) < 4.78 is 77.0. The zero-order chi connectivity index (χ0) is 24.5. The number of carboxylic acids is 1. The third-order valence-electron chi connectivity index (χ3n) is 4.57. The summed E-state index contributed by atoms with van der Waals surface area (Å²) >= 11 is 6.18. The third kappa shape index (κ3) is 7.09. The Morgan fingerprint density at radius 1 is 1.09 bits per heavy atom. The second-order valence-electron chi connectivity index (χ2n) is 7.98. The van der Waals surface area contributed by atoms with Crippen molar-refractivity contribution in [3.8, 4) is 11.1 Å². The molecule has 176 valence electrons. The van der Waals surface area contributed by atoms with E-state index in [9.17, 15) is 35.9 Å². The largest absolute Gasteiger partial charge is 0.480 e. The fraction of sp³-hybridized carbons (Fsp3) is 0.381. The van der Waals surface area contributed by atoms with Crippen molar-refractivity contribution in [2.45, 2.75) is 43.1 Å². The van der Waals surface area contributed by atoms with E-state index in [-0.39, 0.29) is 15.6 Å². The van der Waals surface area contributed by atoms with Gasteiger partial charge in [-0.25, -0.2) is 17.6 Å². The Morgan fingerprint density at radius 2 is 1.66 bits per heavy atom. The van der Waals surface area contributed by atoms with Crippen LogP contribution in [-0.2, 0) is 14.6 Å². The lowest BCUT2D eigenvalue weighted by molar-refractivity contribution is -0.141. The van der Waals surface area contributed by atoms with Crippen molar-refractivity contribution in [3.63, 3.8) is 0 Å². The Labute approximate surface area is 188 Å². The summed E-state index contributed by atoms with van der Waals surface area (Å²) in [5.41, 5.74) is -1.16. The van der Waals surface area contributed by atoms with Crippen molar-refractivity contribution in [1.82, 2.24) is 0 Å². The maximum absolute atomic E-state index is 14.1. The molecule has 0 unspecified atom stereocenters. The summed E-state index contributed by atoms with van der Waals surface area (Å²) in [4.78, 5) is 12.3. The molecule has 0 spiro atoms. The molecule has 1 N–H and O–H groups in total. The molecule has 0 amide bonds. The molecule has 5 nitrogen and oxygen atoms in total. The molecule has 0 saturated carbocycles. The number of anilines is 1. The van der Waals surface area contributed by atoms with Crippen LogP contribution < -0.4 is 4.90 Å². The van der Waals surface area contributed by atoms with Gasteiger partial charge in [0.05, 0.1) is 4.90 Å². The number of nitrogens with zero attached hydrogens (tertiary/aromatic N) is 1. The number of sulfone groups is 1. The minimum absolute atomic E-state index is 0.0114. The number of carboxylic acid groups (broad SMARTS) is 1. The SMILES string of the molecule is CC(C)(F)C[C@@H](C(=O)O)N(CC(F)(F)F)c1ccc(-c2ccc(S(C)(=O)=O)cc2Cl)cc1. The fourth-order valence-corrected chi connectivity index (χ4v) is 4.16. The molecule has 2 rings (SSSR count). The Bertz CT molecular complexity index is 1080. The molecule has 0 aromatic heterocycles. The molecular formula is C21H22ClF4NO4S. The highest BCUT2D eigenvalue weighted by Crippen LogP contribution is 2.33. The number of aliphatic carboxylic acids is 1. The summed E-state index contributed by atoms with van der Waals surface area (Å²) in [6.45, 7) is 0.614. The second-order valence-corrected chi connectivity index (χ2v) is 10.4. The minimum Gasteiger partial charge on any atom is -0.480 e. The van der Waals surface area contributed by atoms with Gasteiger partial charge in [-0.3, -0.25) is 0 Å². The van der Waals surface area contributed by atoms with Gasteiger partial charge >= 0.3 is 12.1 Å². The van der Waals surface area contributed by atoms with Crippen molar-refractivity contribution < 1.29 is 35.9 Å². The molecule has 0 heterocycles. The molecule has 11 heteroatoms. The van der Waals surface area contributed by atoms with Crippen molar-refractivity contribution in [3.05, 3.63) is 47.5 Å². The molecule has 0 aliphatic rings. The molecule has 2 aromatic rings. The summed E-state index contributed by atoms with van der Waals surface area (Å²) in [6.07, 6.45) is -4.35. The van der Waals surface area contributed by atoms with Crippen molar-refractivity contribution in [1.29, 1.82) is 0 Å². The Kier molecular flexibility index (Phi) is 7.51. The van der Waals surface area contributed by atoms with Gasteiger partial charge in [-0.05, 0) is 43.7 Å². The van der Waals surface area contributed by atoms with E-state index in [0.717, 1.165) is 20.1 Å². The van der Waals surface area contributed by atoms with Crippen LogP contribution >= 0.6 is 11.6 Å². The van der Waals surface area contributed by atoms with Gasteiger partial charge in [-0.15, -0.1) is 0 Å². The van der Waals surface area contributed by atoms with E-state index in [2.05, 4.69) is 0 Å². The lowest BCUT2D eigenvalue weighted by Gasteiger charge is -2.34. The third-order valence-corrected chi connectivity index (χ3v) is 5.99. The predicted octanol–water partition coefficient (Wildman–Crippen LogP) is 5.37. The van der Waals surface area contributed by atoms with E-state index in [4.69, 9.17) is 11.6 Å². The van der Waals surface area contributed by atoms with Crippen LogP contribution in [0.25, 0.3) is 11.1 Å². The number of halogens is 5. The summed E-state index contributed by atoms with van der Waals surface area (Å²) in [5.74, 6) is -1.58. The number of hydrogen-bond donors (Lipinski definition) is 1. The van der Waals surface area contributed by atoms with Gasteiger partial charge in [0.1, 0.15) is 18.3 Å². The fourth-order valence-electron chi connectivity index (χ4n) is 3.16. The van der Waals surface area contributed by atoms with Crippen LogP contribution in [0.15, 0.2) is 47.4 Å². The molecule has 0 aliphatic heterocycles. The number of benzene rings is 2. The van der Waals surface area contributed by atoms with Gasteiger partial charge in [0.2, 0.25) is 0 Å². The van der Waals surface area contributed by atoms with Crippen molar-refractivity contribution in [2.75, 3.05) is 17.7 Å². The highest BCUT2D eigenvalue weighted by atomic mass is 35.5.